The van der Waals surface area contributed by atoms with Crippen molar-refractivity contribution in [2.45, 2.75) is 13.5 Å². The Labute approximate surface area is 131 Å². The van der Waals surface area contributed by atoms with Crippen LogP contribution in [0.15, 0.2) is 42.6 Å². The van der Waals surface area contributed by atoms with Gasteiger partial charge in [0.2, 0.25) is 5.88 Å². The van der Waals surface area contributed by atoms with Crippen LogP contribution in [-0.4, -0.2) is 22.5 Å². The first kappa shape index (κ1) is 14.5. The van der Waals surface area contributed by atoms with Crippen LogP contribution in [-0.2, 0) is 11.3 Å². The second-order valence-electron chi connectivity index (χ2n) is 4.44. The molecule has 3 aromatic rings. The van der Waals surface area contributed by atoms with Crippen molar-refractivity contribution in [1.29, 1.82) is 0 Å². The number of para-hydroxylation sites is 1. The lowest BCUT2D eigenvalue weighted by atomic mass is 10.3. The van der Waals surface area contributed by atoms with E-state index in [1.807, 2.05) is 31.2 Å². The van der Waals surface area contributed by atoms with Crippen molar-refractivity contribution in [3.8, 4) is 5.88 Å². The highest BCUT2D eigenvalue weighted by Gasteiger charge is 2.15. The fraction of sp³-hybridized carbons (Fsp3) is 0.188. The lowest BCUT2D eigenvalue weighted by molar-refractivity contribution is 0.0467. The van der Waals surface area contributed by atoms with Crippen LogP contribution in [0.3, 0.4) is 0 Å². The van der Waals surface area contributed by atoms with E-state index in [1.165, 1.54) is 11.3 Å². The molecule has 0 saturated heterocycles. The Morgan fingerprint density at radius 3 is 2.91 bits per heavy atom. The molecule has 5 nitrogen and oxygen atoms in total. The number of hydrogen-bond acceptors (Lipinski definition) is 6. The van der Waals surface area contributed by atoms with Crippen LogP contribution in [0.5, 0.6) is 5.88 Å². The number of esters is 1. The molecule has 0 spiro atoms. The van der Waals surface area contributed by atoms with Crippen LogP contribution >= 0.6 is 11.3 Å². The van der Waals surface area contributed by atoms with E-state index in [4.69, 9.17) is 9.47 Å². The fourth-order valence-electron chi connectivity index (χ4n) is 1.98. The number of pyridine rings is 1. The average molecular weight is 314 g/mol. The second kappa shape index (κ2) is 6.53. The van der Waals surface area contributed by atoms with Gasteiger partial charge in [-0.2, -0.15) is 0 Å². The van der Waals surface area contributed by atoms with Crippen LogP contribution < -0.4 is 4.74 Å². The van der Waals surface area contributed by atoms with E-state index >= 15 is 0 Å². The van der Waals surface area contributed by atoms with E-state index in [0.29, 0.717) is 18.1 Å². The number of benzene rings is 1. The molecule has 3 rings (SSSR count). The highest BCUT2D eigenvalue weighted by Crippen LogP contribution is 2.23. The summed E-state index contributed by atoms with van der Waals surface area (Å²) in [5, 5.41) is 0.761. The molecule has 0 aliphatic rings. The average Bonchev–Trinajstić information content (AvgIpc) is 2.96. The molecule has 0 aliphatic heterocycles. The fourth-order valence-corrected chi connectivity index (χ4v) is 2.87. The van der Waals surface area contributed by atoms with Crippen molar-refractivity contribution < 1.29 is 14.3 Å². The molecule has 0 N–H and O–H groups in total. The van der Waals surface area contributed by atoms with Gasteiger partial charge in [-0.3, -0.25) is 0 Å². The number of aromatic nitrogens is 2. The van der Waals surface area contributed by atoms with Gasteiger partial charge >= 0.3 is 5.97 Å². The summed E-state index contributed by atoms with van der Waals surface area (Å²) < 4.78 is 11.7. The molecular weight excluding hydrogens is 300 g/mol. The quantitative estimate of drug-likeness (QED) is 0.675. The highest BCUT2D eigenvalue weighted by molar-refractivity contribution is 7.18. The molecular formula is C16H14N2O3S. The molecule has 0 fully saturated rings. The number of carbonyl (C=O) groups is 1. The van der Waals surface area contributed by atoms with Gasteiger partial charge in [0, 0.05) is 6.20 Å². The van der Waals surface area contributed by atoms with E-state index in [1.54, 1.807) is 18.3 Å². The molecule has 0 unspecified atom stereocenters. The third-order valence-corrected chi connectivity index (χ3v) is 3.95. The smallest absolute Gasteiger partial charge is 0.344 e. The summed E-state index contributed by atoms with van der Waals surface area (Å²) in [6.45, 7) is 2.42. The highest BCUT2D eigenvalue weighted by atomic mass is 32.1. The normalized spacial score (nSPS) is 10.6. The van der Waals surface area contributed by atoms with Gasteiger partial charge in [-0.05, 0) is 31.2 Å². The summed E-state index contributed by atoms with van der Waals surface area (Å²) in [6.07, 6.45) is 1.58. The number of carbonyl (C=O) groups excluding carboxylic acids is 1. The van der Waals surface area contributed by atoms with Crippen LogP contribution in [0.4, 0.5) is 0 Å². The molecule has 0 amide bonds. The Morgan fingerprint density at radius 2 is 2.09 bits per heavy atom. The molecule has 1 aromatic carbocycles. The van der Waals surface area contributed by atoms with Crippen LogP contribution in [0.1, 0.15) is 22.3 Å². The molecule has 0 saturated carbocycles. The standard InChI is InChI=1S/C16H14N2O3S/c1-2-20-15-11(6-5-9-17-15)16(19)21-10-14-18-12-7-3-4-8-13(12)22-14/h3-9H,2,10H2,1H3. The maximum atomic E-state index is 12.2. The van der Waals surface area contributed by atoms with Gasteiger partial charge in [0.05, 0.1) is 16.8 Å². The molecule has 22 heavy (non-hydrogen) atoms. The van der Waals surface area contributed by atoms with E-state index in [9.17, 15) is 4.79 Å². The predicted octanol–water partition coefficient (Wildman–Crippen LogP) is 3.45. The number of rotatable bonds is 5. The van der Waals surface area contributed by atoms with Gasteiger partial charge in [-0.1, -0.05) is 12.1 Å². The van der Waals surface area contributed by atoms with Crippen molar-refractivity contribution in [1.82, 2.24) is 9.97 Å². The zero-order chi connectivity index (χ0) is 15.4. The van der Waals surface area contributed by atoms with Crippen molar-refractivity contribution in [2.24, 2.45) is 0 Å². The lowest BCUT2D eigenvalue weighted by Crippen LogP contribution is -2.09. The maximum absolute atomic E-state index is 12.2. The monoisotopic (exact) mass is 314 g/mol. The summed E-state index contributed by atoms with van der Waals surface area (Å²) in [5.74, 6) is -0.171. The Morgan fingerprint density at radius 1 is 1.23 bits per heavy atom. The molecule has 0 radical (unpaired) electrons. The summed E-state index contributed by atoms with van der Waals surface area (Å²) in [7, 11) is 0. The first-order chi connectivity index (χ1) is 10.8. The zero-order valence-electron chi connectivity index (χ0n) is 12.0. The maximum Gasteiger partial charge on any atom is 0.344 e. The van der Waals surface area contributed by atoms with Crippen LogP contribution in [0, 0.1) is 0 Å². The van der Waals surface area contributed by atoms with Gasteiger partial charge in [0.25, 0.3) is 0 Å². The number of nitrogens with zero attached hydrogens (tertiary/aromatic N) is 2. The number of hydrogen-bond donors (Lipinski definition) is 0. The third-order valence-electron chi connectivity index (χ3n) is 2.94. The Kier molecular flexibility index (Phi) is 4.29. The van der Waals surface area contributed by atoms with Crippen LogP contribution in [0.25, 0.3) is 10.2 Å². The van der Waals surface area contributed by atoms with Gasteiger partial charge in [0.1, 0.15) is 17.2 Å². The first-order valence-corrected chi connectivity index (χ1v) is 7.69. The molecule has 2 heterocycles. The van der Waals surface area contributed by atoms with Crippen molar-refractivity contribution in [3.63, 3.8) is 0 Å². The zero-order valence-corrected chi connectivity index (χ0v) is 12.8. The Hall–Kier alpha value is -2.47. The van der Waals surface area contributed by atoms with Crippen molar-refractivity contribution >= 4 is 27.5 Å². The summed E-state index contributed by atoms with van der Waals surface area (Å²) in [5.41, 5.74) is 1.24. The minimum Gasteiger partial charge on any atom is -0.477 e. The summed E-state index contributed by atoms with van der Waals surface area (Å²) in [4.78, 5) is 20.6. The largest absolute Gasteiger partial charge is 0.477 e. The van der Waals surface area contributed by atoms with E-state index in [2.05, 4.69) is 9.97 Å². The molecule has 112 valence electrons. The SMILES string of the molecule is CCOc1ncccc1C(=O)OCc1nc2ccccc2s1. The Balaban J connectivity index is 1.72. The van der Waals surface area contributed by atoms with Gasteiger partial charge < -0.3 is 9.47 Å². The number of ether oxygens (including phenoxy) is 2. The number of fused-ring (bicyclic) bond motifs is 1. The molecule has 6 heteroatoms. The van der Waals surface area contributed by atoms with E-state index in [0.717, 1.165) is 15.2 Å². The first-order valence-electron chi connectivity index (χ1n) is 6.87. The summed E-state index contributed by atoms with van der Waals surface area (Å²) >= 11 is 1.51. The summed E-state index contributed by atoms with van der Waals surface area (Å²) in [6, 6.07) is 11.1. The van der Waals surface area contributed by atoms with Gasteiger partial charge in [-0.25, -0.2) is 14.8 Å². The van der Waals surface area contributed by atoms with Crippen molar-refractivity contribution in [2.75, 3.05) is 6.61 Å². The van der Waals surface area contributed by atoms with Crippen molar-refractivity contribution in [3.05, 3.63) is 53.2 Å². The topological polar surface area (TPSA) is 61.3 Å². The molecule has 2 aromatic heterocycles. The predicted molar refractivity (Wildman–Crippen MR) is 84.1 cm³/mol. The molecule has 0 atom stereocenters. The minimum absolute atomic E-state index is 0.138. The number of thiazole rings is 1. The lowest BCUT2D eigenvalue weighted by Gasteiger charge is -2.07. The van der Waals surface area contributed by atoms with Crippen LogP contribution in [0.2, 0.25) is 0 Å². The third kappa shape index (κ3) is 3.07. The van der Waals surface area contributed by atoms with E-state index in [-0.39, 0.29) is 6.61 Å². The van der Waals surface area contributed by atoms with Gasteiger partial charge in [0.15, 0.2) is 0 Å². The second-order valence-corrected chi connectivity index (χ2v) is 5.56. The minimum atomic E-state index is -0.462. The molecule has 0 bridgehead atoms. The van der Waals surface area contributed by atoms with Gasteiger partial charge in [-0.15, -0.1) is 11.3 Å². The molecule has 0 aliphatic carbocycles. The Bertz CT molecular complexity index is 768. The van der Waals surface area contributed by atoms with E-state index < -0.39 is 5.97 Å².